The van der Waals surface area contributed by atoms with E-state index in [1.54, 1.807) is 0 Å². The lowest BCUT2D eigenvalue weighted by atomic mass is 10.0. The summed E-state index contributed by atoms with van der Waals surface area (Å²) in [6.45, 7) is 2.86. The van der Waals surface area contributed by atoms with Crippen molar-refractivity contribution in [2.24, 2.45) is 0 Å². The Kier molecular flexibility index (Phi) is 6.70. The molecule has 1 aromatic heterocycles. The number of benzene rings is 2. The molecule has 0 bridgehead atoms. The van der Waals surface area contributed by atoms with Crippen LogP contribution in [-0.4, -0.2) is 33.1 Å². The second kappa shape index (κ2) is 9.41. The summed E-state index contributed by atoms with van der Waals surface area (Å²) in [5.74, 6) is 7.12. The topological polar surface area (TPSA) is 85.8 Å². The van der Waals surface area contributed by atoms with E-state index < -0.39 is 0 Å². The maximum Gasteiger partial charge on any atom is 0.230 e. The van der Waals surface area contributed by atoms with Crippen molar-refractivity contribution in [3.8, 4) is 0 Å². The highest BCUT2D eigenvalue weighted by molar-refractivity contribution is 7.99. The number of hydrogen-bond donors (Lipinski definition) is 2. The molecule has 142 valence electrons. The number of carbonyl (C=O) groups is 1. The molecule has 3 N–H and O–H groups in total. The summed E-state index contributed by atoms with van der Waals surface area (Å²) >= 11 is 1.31. The Bertz CT molecular complexity index is 903. The average molecular weight is 384 g/mol. The van der Waals surface area contributed by atoms with Crippen molar-refractivity contribution in [2.45, 2.75) is 37.8 Å². The van der Waals surface area contributed by atoms with E-state index in [2.05, 4.69) is 46.7 Å². The maximum absolute atomic E-state index is 11.9. The van der Waals surface area contributed by atoms with E-state index in [4.69, 9.17) is 5.84 Å². The molecule has 7 heteroatoms. The van der Waals surface area contributed by atoms with Crippen LogP contribution in [-0.2, 0) is 11.2 Å². The molecule has 0 unspecified atom stereocenters. The third-order valence-corrected chi connectivity index (χ3v) is 5.34. The van der Waals surface area contributed by atoms with Crippen molar-refractivity contribution in [1.82, 2.24) is 20.2 Å². The minimum atomic E-state index is -0.00490. The van der Waals surface area contributed by atoms with Crippen molar-refractivity contribution in [2.75, 3.05) is 18.1 Å². The van der Waals surface area contributed by atoms with Gasteiger partial charge >= 0.3 is 0 Å². The zero-order valence-electron chi connectivity index (χ0n) is 15.5. The summed E-state index contributed by atoms with van der Waals surface area (Å²) in [6, 6.07) is 14.4. The number of hydrogen-bond acceptors (Lipinski definition) is 5. The number of carbonyl (C=O) groups excluding carboxylic acids is 1. The molecule has 0 radical (unpaired) electrons. The molecule has 2 aromatic carbocycles. The van der Waals surface area contributed by atoms with E-state index in [-0.39, 0.29) is 11.7 Å². The van der Waals surface area contributed by atoms with Crippen LogP contribution in [0.15, 0.2) is 47.6 Å². The Morgan fingerprint density at radius 2 is 1.96 bits per heavy atom. The summed E-state index contributed by atoms with van der Waals surface area (Å²) in [6.07, 6.45) is 3.87. The largest absolute Gasteiger partial charge is 0.355 e. The van der Waals surface area contributed by atoms with Gasteiger partial charge in [0.25, 0.3) is 0 Å². The molecular weight excluding hydrogens is 358 g/mol. The predicted octanol–water partition coefficient (Wildman–Crippen LogP) is 3.13. The number of nitrogens with zero attached hydrogens (tertiary/aromatic N) is 3. The van der Waals surface area contributed by atoms with Crippen LogP contribution in [0.4, 0.5) is 0 Å². The lowest BCUT2D eigenvalue weighted by Gasteiger charge is -2.07. The van der Waals surface area contributed by atoms with Crippen molar-refractivity contribution in [3.63, 3.8) is 0 Å². The van der Waals surface area contributed by atoms with E-state index in [1.807, 2.05) is 18.2 Å². The van der Waals surface area contributed by atoms with Crippen LogP contribution in [0.25, 0.3) is 10.8 Å². The number of thioether (sulfide) groups is 1. The highest BCUT2D eigenvalue weighted by Crippen LogP contribution is 2.22. The molecule has 0 aliphatic carbocycles. The summed E-state index contributed by atoms with van der Waals surface area (Å²) in [7, 11) is 0. The first-order valence-electron chi connectivity index (χ1n) is 9.24. The van der Waals surface area contributed by atoms with E-state index in [0.717, 1.165) is 31.4 Å². The van der Waals surface area contributed by atoms with Crippen LogP contribution in [0, 0.1) is 0 Å². The zero-order chi connectivity index (χ0) is 19.1. The predicted molar refractivity (Wildman–Crippen MR) is 110 cm³/mol. The maximum atomic E-state index is 11.9. The summed E-state index contributed by atoms with van der Waals surface area (Å²) in [4.78, 5) is 11.9. The molecule has 1 amide bonds. The Labute approximate surface area is 163 Å². The van der Waals surface area contributed by atoms with Crippen LogP contribution in [0.2, 0.25) is 0 Å². The first-order chi connectivity index (χ1) is 13.2. The Morgan fingerprint density at radius 1 is 1.15 bits per heavy atom. The molecule has 27 heavy (non-hydrogen) atoms. The fourth-order valence-corrected chi connectivity index (χ4v) is 3.63. The molecule has 0 aliphatic rings. The number of nitrogens with one attached hydrogen (secondary N) is 1. The number of nitrogens with two attached hydrogens (primary N) is 1. The molecule has 0 saturated carbocycles. The lowest BCUT2D eigenvalue weighted by molar-refractivity contribution is -0.118. The van der Waals surface area contributed by atoms with Crippen molar-refractivity contribution >= 4 is 28.4 Å². The summed E-state index contributed by atoms with van der Waals surface area (Å²) in [5.41, 5.74) is 1.15. The van der Waals surface area contributed by atoms with Gasteiger partial charge in [0.05, 0.1) is 5.75 Å². The number of rotatable bonds is 9. The summed E-state index contributed by atoms with van der Waals surface area (Å²) < 4.78 is 1.48. The third-order valence-electron chi connectivity index (χ3n) is 4.40. The Hall–Kier alpha value is -2.54. The van der Waals surface area contributed by atoms with Crippen molar-refractivity contribution in [3.05, 3.63) is 53.9 Å². The fourth-order valence-electron chi connectivity index (χ4n) is 2.93. The van der Waals surface area contributed by atoms with Crippen LogP contribution < -0.4 is 11.2 Å². The second-order valence-electron chi connectivity index (χ2n) is 6.43. The van der Waals surface area contributed by atoms with Crippen molar-refractivity contribution in [1.29, 1.82) is 0 Å². The number of aromatic nitrogens is 3. The molecule has 0 saturated heterocycles. The van der Waals surface area contributed by atoms with E-state index in [0.29, 0.717) is 17.4 Å². The van der Waals surface area contributed by atoms with Gasteiger partial charge in [0.2, 0.25) is 11.1 Å². The minimum absolute atomic E-state index is 0.00490. The molecule has 0 aliphatic heterocycles. The highest BCUT2D eigenvalue weighted by atomic mass is 32.2. The SMILES string of the molecule is CCCCCNC(=O)CSc1nnc(Cc2cccc3ccccc23)n1N. The van der Waals surface area contributed by atoms with Gasteiger partial charge in [0.15, 0.2) is 5.82 Å². The van der Waals surface area contributed by atoms with Gasteiger partial charge in [0, 0.05) is 13.0 Å². The molecule has 6 nitrogen and oxygen atoms in total. The van der Waals surface area contributed by atoms with Gasteiger partial charge in [-0.2, -0.15) is 0 Å². The van der Waals surface area contributed by atoms with Gasteiger partial charge < -0.3 is 11.2 Å². The van der Waals surface area contributed by atoms with E-state index in [9.17, 15) is 4.79 Å². The zero-order valence-corrected chi connectivity index (χ0v) is 16.3. The van der Waals surface area contributed by atoms with Crippen LogP contribution in [0.5, 0.6) is 0 Å². The highest BCUT2D eigenvalue weighted by Gasteiger charge is 2.13. The minimum Gasteiger partial charge on any atom is -0.355 e. The van der Waals surface area contributed by atoms with Gasteiger partial charge in [-0.1, -0.05) is 74.0 Å². The smallest absolute Gasteiger partial charge is 0.230 e. The summed E-state index contributed by atoms with van der Waals surface area (Å²) in [5, 5.41) is 14.2. The first-order valence-corrected chi connectivity index (χ1v) is 10.2. The van der Waals surface area contributed by atoms with Gasteiger partial charge in [-0.15, -0.1) is 10.2 Å². The molecular formula is C20H25N5OS. The van der Waals surface area contributed by atoms with Crippen LogP contribution in [0.1, 0.15) is 37.6 Å². The molecule has 1 heterocycles. The molecule has 0 spiro atoms. The first kappa shape index (κ1) is 19.2. The van der Waals surface area contributed by atoms with E-state index >= 15 is 0 Å². The van der Waals surface area contributed by atoms with Gasteiger partial charge in [-0.05, 0) is 22.8 Å². The van der Waals surface area contributed by atoms with Gasteiger partial charge in [0.1, 0.15) is 0 Å². The quantitative estimate of drug-likeness (QED) is 0.337. The average Bonchev–Trinajstić information content (AvgIpc) is 3.03. The van der Waals surface area contributed by atoms with E-state index in [1.165, 1.54) is 27.2 Å². The lowest BCUT2D eigenvalue weighted by Crippen LogP contribution is -2.26. The normalized spacial score (nSPS) is 11.0. The standard InChI is InChI=1S/C20H25N5OS/c1-2-3-6-12-22-19(26)14-27-20-24-23-18(25(20)21)13-16-10-7-9-15-8-4-5-11-17(15)16/h4-5,7-11H,2-3,6,12-14,21H2,1H3,(H,22,26). The Morgan fingerprint density at radius 3 is 2.81 bits per heavy atom. The number of amides is 1. The number of nitrogen functional groups attached to an aromatic ring is 1. The fraction of sp³-hybridized carbons (Fsp3) is 0.350. The van der Waals surface area contributed by atoms with Crippen LogP contribution in [0.3, 0.4) is 0 Å². The van der Waals surface area contributed by atoms with Crippen molar-refractivity contribution < 1.29 is 4.79 Å². The van der Waals surface area contributed by atoms with Gasteiger partial charge in [-0.3, -0.25) is 4.79 Å². The Balaban J connectivity index is 1.61. The monoisotopic (exact) mass is 383 g/mol. The second-order valence-corrected chi connectivity index (χ2v) is 7.37. The molecule has 3 aromatic rings. The molecule has 3 rings (SSSR count). The molecule has 0 atom stereocenters. The van der Waals surface area contributed by atoms with Gasteiger partial charge in [-0.25, -0.2) is 4.68 Å². The third kappa shape index (κ3) is 5.01. The number of unbranched alkanes of at least 4 members (excludes halogenated alkanes) is 2. The molecule has 0 fully saturated rings. The van der Waals surface area contributed by atoms with Crippen LogP contribution >= 0.6 is 11.8 Å². The number of fused-ring (bicyclic) bond motifs is 1.